The zero-order chi connectivity index (χ0) is 14.7. The summed E-state index contributed by atoms with van der Waals surface area (Å²) in [5.41, 5.74) is 1.54. The normalized spacial score (nSPS) is 21.4. The van der Waals surface area contributed by atoms with Crippen LogP contribution in [0.15, 0.2) is 36.4 Å². The molecule has 110 valence electrons. The van der Waals surface area contributed by atoms with Crippen LogP contribution >= 0.6 is 0 Å². The van der Waals surface area contributed by atoms with Gasteiger partial charge in [0.25, 0.3) is 0 Å². The number of hydrogen-bond donors (Lipinski definition) is 2. The van der Waals surface area contributed by atoms with Gasteiger partial charge in [-0.05, 0) is 49.2 Å². The van der Waals surface area contributed by atoms with E-state index in [0.717, 1.165) is 24.8 Å². The van der Waals surface area contributed by atoms with Gasteiger partial charge >= 0.3 is 0 Å². The molecule has 0 aliphatic heterocycles. The molecule has 21 heavy (non-hydrogen) atoms. The molecule has 2 atom stereocenters. The molecule has 5 heteroatoms. The third kappa shape index (κ3) is 3.36. The minimum atomic E-state index is -0.264. The van der Waals surface area contributed by atoms with Gasteiger partial charge in [-0.25, -0.2) is 4.39 Å². The van der Waals surface area contributed by atoms with Gasteiger partial charge in [0.15, 0.2) is 0 Å². The summed E-state index contributed by atoms with van der Waals surface area (Å²) in [4.78, 5) is 0. The predicted octanol–water partition coefficient (Wildman–Crippen LogP) is 2.86. The summed E-state index contributed by atoms with van der Waals surface area (Å²) in [5, 5.41) is 21.3. The van der Waals surface area contributed by atoms with Crippen LogP contribution in [0.2, 0.25) is 0 Å². The lowest BCUT2D eigenvalue weighted by atomic mass is 10.1. The summed E-state index contributed by atoms with van der Waals surface area (Å²) >= 11 is 0. The summed E-state index contributed by atoms with van der Waals surface area (Å²) in [7, 11) is 0. The Hall–Kier alpha value is -2.01. The van der Waals surface area contributed by atoms with Crippen molar-refractivity contribution in [2.45, 2.75) is 25.4 Å². The van der Waals surface area contributed by atoms with E-state index in [2.05, 4.69) is 15.5 Å². The third-order valence-corrected chi connectivity index (χ3v) is 3.97. The fourth-order valence-electron chi connectivity index (χ4n) is 2.69. The Morgan fingerprint density at radius 1 is 1.10 bits per heavy atom. The number of aromatic nitrogens is 2. The largest absolute Gasteiger partial charge is 0.393 e. The lowest BCUT2D eigenvalue weighted by Crippen LogP contribution is -2.22. The summed E-state index contributed by atoms with van der Waals surface area (Å²) in [5.74, 6) is 0.726. The number of aliphatic hydroxyl groups excluding tert-OH is 1. The maximum Gasteiger partial charge on any atom is 0.148 e. The van der Waals surface area contributed by atoms with Crippen molar-refractivity contribution in [3.05, 3.63) is 42.2 Å². The van der Waals surface area contributed by atoms with Crippen molar-refractivity contribution in [2.75, 3.05) is 11.9 Å². The molecular weight excluding hydrogens is 269 g/mol. The molecule has 0 saturated heterocycles. The summed E-state index contributed by atoms with van der Waals surface area (Å²) in [6.45, 7) is 0.714. The second kappa shape index (κ2) is 6.18. The lowest BCUT2D eigenvalue weighted by Gasteiger charge is -2.15. The second-order valence-corrected chi connectivity index (χ2v) is 5.45. The third-order valence-electron chi connectivity index (χ3n) is 3.97. The molecule has 2 unspecified atom stereocenters. The molecule has 1 fully saturated rings. The van der Waals surface area contributed by atoms with Crippen molar-refractivity contribution in [3.63, 3.8) is 0 Å². The van der Waals surface area contributed by atoms with Gasteiger partial charge in [0.1, 0.15) is 11.6 Å². The molecule has 1 aliphatic carbocycles. The highest BCUT2D eigenvalue weighted by molar-refractivity contribution is 5.59. The van der Waals surface area contributed by atoms with Gasteiger partial charge in [-0.1, -0.05) is 6.42 Å². The zero-order valence-electron chi connectivity index (χ0n) is 11.7. The first-order valence-corrected chi connectivity index (χ1v) is 7.24. The fourth-order valence-corrected chi connectivity index (χ4v) is 2.69. The van der Waals surface area contributed by atoms with Gasteiger partial charge in [0.2, 0.25) is 0 Å². The molecule has 1 heterocycles. The Morgan fingerprint density at radius 3 is 2.52 bits per heavy atom. The Morgan fingerprint density at radius 2 is 1.90 bits per heavy atom. The SMILES string of the molecule is OC1CCCC1CNc1ccc(-c2ccc(F)cc2)nn1. The second-order valence-electron chi connectivity index (χ2n) is 5.45. The van der Waals surface area contributed by atoms with E-state index in [1.54, 1.807) is 12.1 Å². The molecule has 1 aromatic carbocycles. The van der Waals surface area contributed by atoms with Crippen LogP contribution in [0.5, 0.6) is 0 Å². The topological polar surface area (TPSA) is 58.0 Å². The molecule has 3 rings (SSSR count). The van der Waals surface area contributed by atoms with E-state index in [-0.39, 0.29) is 11.9 Å². The van der Waals surface area contributed by atoms with Gasteiger partial charge in [0.05, 0.1) is 11.8 Å². The van der Waals surface area contributed by atoms with Crippen LogP contribution in [-0.4, -0.2) is 28.0 Å². The van der Waals surface area contributed by atoms with E-state index in [1.165, 1.54) is 12.1 Å². The lowest BCUT2D eigenvalue weighted by molar-refractivity contribution is 0.138. The van der Waals surface area contributed by atoms with Crippen molar-refractivity contribution in [1.29, 1.82) is 0 Å². The van der Waals surface area contributed by atoms with Crippen LogP contribution in [0, 0.1) is 11.7 Å². The van der Waals surface area contributed by atoms with Crippen molar-refractivity contribution in [3.8, 4) is 11.3 Å². The van der Waals surface area contributed by atoms with Gasteiger partial charge in [-0.15, -0.1) is 10.2 Å². The minimum Gasteiger partial charge on any atom is -0.393 e. The van der Waals surface area contributed by atoms with Crippen LogP contribution in [-0.2, 0) is 0 Å². The Balaban J connectivity index is 1.62. The molecule has 0 radical (unpaired) electrons. The van der Waals surface area contributed by atoms with Gasteiger partial charge in [-0.3, -0.25) is 0 Å². The first-order valence-electron chi connectivity index (χ1n) is 7.24. The molecule has 1 aliphatic rings. The van der Waals surface area contributed by atoms with E-state index in [1.807, 2.05) is 12.1 Å². The van der Waals surface area contributed by atoms with Crippen molar-refractivity contribution in [2.24, 2.45) is 5.92 Å². The van der Waals surface area contributed by atoms with Crippen LogP contribution in [0.4, 0.5) is 10.2 Å². The zero-order valence-corrected chi connectivity index (χ0v) is 11.7. The van der Waals surface area contributed by atoms with Crippen molar-refractivity contribution >= 4 is 5.82 Å². The predicted molar refractivity (Wildman–Crippen MR) is 79.3 cm³/mol. The molecule has 0 bridgehead atoms. The Kier molecular flexibility index (Phi) is 4.10. The van der Waals surface area contributed by atoms with Gasteiger partial charge < -0.3 is 10.4 Å². The number of aliphatic hydroxyl groups is 1. The van der Waals surface area contributed by atoms with E-state index < -0.39 is 0 Å². The number of anilines is 1. The highest BCUT2D eigenvalue weighted by Crippen LogP contribution is 2.25. The maximum absolute atomic E-state index is 12.9. The first kappa shape index (κ1) is 13.9. The minimum absolute atomic E-state index is 0.205. The first-order chi connectivity index (χ1) is 10.2. The smallest absolute Gasteiger partial charge is 0.148 e. The number of hydrogen-bond acceptors (Lipinski definition) is 4. The average molecular weight is 287 g/mol. The molecule has 1 aromatic heterocycles. The quantitative estimate of drug-likeness (QED) is 0.908. The van der Waals surface area contributed by atoms with E-state index in [0.29, 0.717) is 24.0 Å². The van der Waals surface area contributed by atoms with Gasteiger partial charge in [-0.2, -0.15) is 0 Å². The number of benzene rings is 1. The Bertz CT molecular complexity index is 585. The van der Waals surface area contributed by atoms with E-state index in [9.17, 15) is 9.50 Å². The summed E-state index contributed by atoms with van der Waals surface area (Å²) < 4.78 is 12.9. The highest BCUT2D eigenvalue weighted by Gasteiger charge is 2.24. The number of nitrogens with zero attached hydrogens (tertiary/aromatic N) is 2. The van der Waals surface area contributed by atoms with Crippen LogP contribution in [0.3, 0.4) is 0 Å². The van der Waals surface area contributed by atoms with Crippen molar-refractivity contribution < 1.29 is 9.50 Å². The van der Waals surface area contributed by atoms with Gasteiger partial charge in [0, 0.05) is 18.0 Å². The fraction of sp³-hybridized carbons (Fsp3) is 0.375. The van der Waals surface area contributed by atoms with Crippen LogP contribution < -0.4 is 5.32 Å². The summed E-state index contributed by atoms with van der Waals surface area (Å²) in [6, 6.07) is 9.89. The maximum atomic E-state index is 12.9. The number of halogens is 1. The molecule has 0 spiro atoms. The molecule has 0 amide bonds. The standard InChI is InChI=1S/C16H18FN3O/c17-13-6-4-11(5-7-13)14-8-9-16(20-19-14)18-10-12-2-1-3-15(12)21/h4-9,12,15,21H,1-3,10H2,(H,18,20). The van der Waals surface area contributed by atoms with Crippen molar-refractivity contribution in [1.82, 2.24) is 10.2 Å². The molecule has 2 aromatic rings. The Labute approximate surface area is 123 Å². The highest BCUT2D eigenvalue weighted by atomic mass is 19.1. The summed E-state index contributed by atoms with van der Waals surface area (Å²) in [6.07, 6.45) is 2.82. The molecular formula is C16H18FN3O. The van der Waals surface area contributed by atoms with Crippen LogP contribution in [0.1, 0.15) is 19.3 Å². The van der Waals surface area contributed by atoms with E-state index in [4.69, 9.17) is 0 Å². The average Bonchev–Trinajstić information content (AvgIpc) is 2.92. The van der Waals surface area contributed by atoms with Crippen LogP contribution in [0.25, 0.3) is 11.3 Å². The molecule has 4 nitrogen and oxygen atoms in total. The number of nitrogens with one attached hydrogen (secondary N) is 1. The van der Waals surface area contributed by atoms with E-state index >= 15 is 0 Å². The molecule has 1 saturated carbocycles. The number of rotatable bonds is 4. The monoisotopic (exact) mass is 287 g/mol. The molecule has 2 N–H and O–H groups in total.